The van der Waals surface area contributed by atoms with Crippen LogP contribution < -0.4 is 5.73 Å². The molecule has 0 aromatic heterocycles. The third kappa shape index (κ3) is 2.49. The molecule has 0 saturated carbocycles. The van der Waals surface area contributed by atoms with Crippen LogP contribution in [0.15, 0.2) is 12.1 Å². The van der Waals surface area contributed by atoms with E-state index >= 15 is 0 Å². The van der Waals surface area contributed by atoms with E-state index in [4.69, 9.17) is 11.0 Å². The van der Waals surface area contributed by atoms with Crippen LogP contribution in [0, 0.1) is 40.2 Å². The Kier molecular flexibility index (Phi) is 3.47. The molecule has 1 aromatic rings. The van der Waals surface area contributed by atoms with Gasteiger partial charge in [0, 0.05) is 11.6 Å². The molecular formula is C11H9N3O2. The predicted molar refractivity (Wildman–Crippen MR) is 59.4 cm³/mol. The molecule has 5 nitrogen and oxygen atoms in total. The minimum absolute atomic E-state index is 0.0945. The first-order valence-electron chi connectivity index (χ1n) is 4.46. The summed E-state index contributed by atoms with van der Waals surface area (Å²) in [6.07, 6.45) is 0.0945. The quantitative estimate of drug-likeness (QED) is 0.334. The lowest BCUT2D eigenvalue weighted by atomic mass is 10.1. The SMILES string of the molecule is Cc1cc(C#CCC#N)cc([N+](=O)[O-])c1N. The molecule has 1 rings (SSSR count). The number of hydrogen-bond acceptors (Lipinski definition) is 4. The number of hydrogen-bond donors (Lipinski definition) is 1. The number of rotatable bonds is 1. The second kappa shape index (κ2) is 4.81. The number of nitrogen functional groups attached to an aromatic ring is 1. The van der Waals surface area contributed by atoms with E-state index in [0.717, 1.165) is 0 Å². The van der Waals surface area contributed by atoms with E-state index in [-0.39, 0.29) is 17.8 Å². The Bertz CT molecular complexity index is 533. The highest BCUT2D eigenvalue weighted by atomic mass is 16.6. The summed E-state index contributed by atoms with van der Waals surface area (Å²) in [5, 5.41) is 19.0. The standard InChI is InChI=1S/C11H9N3O2/c1-8-6-9(4-2-3-5-12)7-10(11(8)13)14(15)16/h6-7H,3,13H2,1H3. The van der Waals surface area contributed by atoms with Crippen molar-refractivity contribution in [2.75, 3.05) is 5.73 Å². The summed E-state index contributed by atoms with van der Waals surface area (Å²) in [5.41, 5.74) is 6.66. The van der Waals surface area contributed by atoms with Crippen LogP contribution in [0.2, 0.25) is 0 Å². The fourth-order valence-electron chi connectivity index (χ4n) is 1.19. The average molecular weight is 215 g/mol. The number of anilines is 1. The summed E-state index contributed by atoms with van der Waals surface area (Å²) >= 11 is 0. The fourth-order valence-corrected chi connectivity index (χ4v) is 1.19. The predicted octanol–water partition coefficient (Wildman–Crippen LogP) is 1.75. The third-order valence-corrected chi connectivity index (χ3v) is 1.96. The largest absolute Gasteiger partial charge is 0.393 e. The van der Waals surface area contributed by atoms with Crippen molar-refractivity contribution in [2.24, 2.45) is 0 Å². The molecule has 0 aliphatic rings. The zero-order chi connectivity index (χ0) is 12.1. The van der Waals surface area contributed by atoms with Gasteiger partial charge < -0.3 is 5.73 Å². The number of nitrogens with two attached hydrogens (primary N) is 1. The van der Waals surface area contributed by atoms with E-state index in [0.29, 0.717) is 11.1 Å². The van der Waals surface area contributed by atoms with E-state index in [1.54, 1.807) is 13.0 Å². The van der Waals surface area contributed by atoms with E-state index < -0.39 is 4.92 Å². The van der Waals surface area contributed by atoms with Gasteiger partial charge in [0.15, 0.2) is 0 Å². The second-order valence-electron chi connectivity index (χ2n) is 3.12. The van der Waals surface area contributed by atoms with Crippen molar-refractivity contribution < 1.29 is 4.92 Å². The first-order chi connectivity index (χ1) is 7.56. The van der Waals surface area contributed by atoms with Crippen molar-refractivity contribution in [3.63, 3.8) is 0 Å². The molecule has 0 spiro atoms. The number of benzene rings is 1. The molecule has 0 amide bonds. The number of aryl methyl sites for hydroxylation is 1. The zero-order valence-corrected chi connectivity index (χ0v) is 8.65. The van der Waals surface area contributed by atoms with Crippen molar-refractivity contribution in [3.8, 4) is 17.9 Å². The highest BCUT2D eigenvalue weighted by molar-refractivity contribution is 5.66. The third-order valence-electron chi connectivity index (χ3n) is 1.96. The molecule has 5 heteroatoms. The second-order valence-corrected chi connectivity index (χ2v) is 3.12. The van der Waals surface area contributed by atoms with Gasteiger partial charge in [0.1, 0.15) is 5.69 Å². The van der Waals surface area contributed by atoms with Crippen LogP contribution in [0.25, 0.3) is 0 Å². The number of nitriles is 1. The summed E-state index contributed by atoms with van der Waals surface area (Å²) in [4.78, 5) is 10.1. The molecule has 0 aliphatic carbocycles. The normalized spacial score (nSPS) is 8.75. The Morgan fingerprint density at radius 2 is 2.25 bits per heavy atom. The number of nitro benzene ring substituents is 1. The Morgan fingerprint density at radius 3 is 2.81 bits per heavy atom. The van der Waals surface area contributed by atoms with E-state index in [9.17, 15) is 10.1 Å². The minimum Gasteiger partial charge on any atom is -0.393 e. The zero-order valence-electron chi connectivity index (χ0n) is 8.65. The molecule has 2 N–H and O–H groups in total. The number of nitro groups is 1. The van der Waals surface area contributed by atoms with Crippen LogP contribution in [0.1, 0.15) is 17.5 Å². The summed E-state index contributed by atoms with van der Waals surface area (Å²) in [7, 11) is 0. The average Bonchev–Trinajstić information content (AvgIpc) is 2.23. The van der Waals surface area contributed by atoms with Crippen LogP contribution in [-0.4, -0.2) is 4.92 Å². The lowest BCUT2D eigenvalue weighted by Crippen LogP contribution is -1.98. The van der Waals surface area contributed by atoms with Crippen molar-refractivity contribution in [1.29, 1.82) is 5.26 Å². The first-order valence-corrected chi connectivity index (χ1v) is 4.46. The highest BCUT2D eigenvalue weighted by Gasteiger charge is 2.14. The van der Waals surface area contributed by atoms with Gasteiger partial charge in [0.2, 0.25) is 0 Å². The van der Waals surface area contributed by atoms with Gasteiger partial charge >= 0.3 is 0 Å². The molecule has 0 atom stereocenters. The Hall–Kier alpha value is -2.53. The van der Waals surface area contributed by atoms with Crippen molar-refractivity contribution in [1.82, 2.24) is 0 Å². The molecule has 1 aromatic carbocycles. The van der Waals surface area contributed by atoms with Crippen LogP contribution in [0.4, 0.5) is 11.4 Å². The Labute approximate surface area is 92.6 Å². The minimum atomic E-state index is -0.544. The molecule has 0 unspecified atom stereocenters. The van der Waals surface area contributed by atoms with Crippen LogP contribution >= 0.6 is 0 Å². The highest BCUT2D eigenvalue weighted by Crippen LogP contribution is 2.26. The molecule has 0 saturated heterocycles. The Balaban J connectivity index is 3.22. The lowest BCUT2D eigenvalue weighted by Gasteiger charge is -2.01. The molecule has 0 bridgehead atoms. The van der Waals surface area contributed by atoms with Gasteiger partial charge in [0.05, 0.1) is 17.4 Å². The van der Waals surface area contributed by atoms with Gasteiger partial charge in [-0.3, -0.25) is 10.1 Å². The van der Waals surface area contributed by atoms with E-state index in [1.165, 1.54) is 6.07 Å². The molecular weight excluding hydrogens is 206 g/mol. The molecule has 0 fully saturated rings. The summed E-state index contributed by atoms with van der Waals surface area (Å²) in [5.74, 6) is 5.27. The molecule has 16 heavy (non-hydrogen) atoms. The van der Waals surface area contributed by atoms with Crippen LogP contribution in [-0.2, 0) is 0 Å². The summed E-state index contributed by atoms with van der Waals surface area (Å²) in [6, 6.07) is 4.84. The maximum atomic E-state index is 10.7. The van der Waals surface area contributed by atoms with Gasteiger partial charge in [-0.2, -0.15) is 5.26 Å². The maximum Gasteiger partial charge on any atom is 0.293 e. The van der Waals surface area contributed by atoms with Gasteiger partial charge in [-0.25, -0.2) is 0 Å². The topological polar surface area (TPSA) is 92.9 Å². The van der Waals surface area contributed by atoms with Gasteiger partial charge in [-0.1, -0.05) is 11.8 Å². The summed E-state index contributed by atoms with van der Waals surface area (Å²) in [6.45, 7) is 1.68. The van der Waals surface area contributed by atoms with Gasteiger partial charge in [-0.15, -0.1) is 0 Å². The number of nitrogens with zero attached hydrogens (tertiary/aromatic N) is 2. The summed E-state index contributed by atoms with van der Waals surface area (Å²) < 4.78 is 0. The molecule has 80 valence electrons. The first kappa shape index (κ1) is 11.5. The lowest BCUT2D eigenvalue weighted by molar-refractivity contribution is -0.383. The Morgan fingerprint density at radius 1 is 1.56 bits per heavy atom. The van der Waals surface area contributed by atoms with Crippen LogP contribution in [0.3, 0.4) is 0 Å². The molecule has 0 radical (unpaired) electrons. The van der Waals surface area contributed by atoms with Gasteiger partial charge in [-0.05, 0) is 18.6 Å². The van der Waals surface area contributed by atoms with E-state index in [1.807, 2.05) is 6.07 Å². The molecule has 0 heterocycles. The monoisotopic (exact) mass is 215 g/mol. The van der Waals surface area contributed by atoms with Crippen molar-refractivity contribution in [3.05, 3.63) is 33.4 Å². The van der Waals surface area contributed by atoms with Crippen molar-refractivity contribution >= 4 is 11.4 Å². The smallest absolute Gasteiger partial charge is 0.293 e. The van der Waals surface area contributed by atoms with Crippen LogP contribution in [0.5, 0.6) is 0 Å². The van der Waals surface area contributed by atoms with E-state index in [2.05, 4.69) is 11.8 Å². The molecule has 0 aliphatic heterocycles. The van der Waals surface area contributed by atoms with Crippen molar-refractivity contribution in [2.45, 2.75) is 13.3 Å². The fraction of sp³-hybridized carbons (Fsp3) is 0.182. The maximum absolute atomic E-state index is 10.7. The van der Waals surface area contributed by atoms with Gasteiger partial charge in [0.25, 0.3) is 5.69 Å².